The summed E-state index contributed by atoms with van der Waals surface area (Å²) in [4.78, 5) is 40.4. The molecule has 1 N–H and O–H groups in total. The first-order valence-electron chi connectivity index (χ1n) is 11.1. The van der Waals surface area contributed by atoms with E-state index in [1.807, 2.05) is 13.8 Å². The van der Waals surface area contributed by atoms with E-state index in [4.69, 9.17) is 4.74 Å². The number of benzene rings is 2. The second kappa shape index (κ2) is 10.5. The minimum atomic E-state index is -0.863. The van der Waals surface area contributed by atoms with Crippen molar-refractivity contribution in [3.05, 3.63) is 74.8 Å². The van der Waals surface area contributed by atoms with Crippen molar-refractivity contribution in [2.45, 2.75) is 26.8 Å². The van der Waals surface area contributed by atoms with Crippen molar-refractivity contribution in [2.75, 3.05) is 33.3 Å². The highest BCUT2D eigenvalue weighted by Crippen LogP contribution is 2.40. The minimum Gasteiger partial charge on any atom is -0.507 e. The van der Waals surface area contributed by atoms with E-state index in [9.17, 15) is 24.8 Å². The number of methoxy groups -OCH3 is 1. The number of non-ortho nitro benzene ring substituents is 1. The van der Waals surface area contributed by atoms with E-state index in [2.05, 4.69) is 4.90 Å². The molecule has 180 valence electrons. The van der Waals surface area contributed by atoms with Gasteiger partial charge in [-0.3, -0.25) is 19.7 Å². The van der Waals surface area contributed by atoms with Crippen LogP contribution in [0.25, 0.3) is 5.76 Å². The monoisotopic (exact) mass is 467 g/mol. The van der Waals surface area contributed by atoms with Crippen LogP contribution in [0.3, 0.4) is 0 Å². The van der Waals surface area contributed by atoms with E-state index in [0.717, 1.165) is 13.1 Å². The van der Waals surface area contributed by atoms with E-state index < -0.39 is 22.7 Å². The zero-order valence-electron chi connectivity index (χ0n) is 19.8. The number of carbonyl (C=O) groups is 2. The summed E-state index contributed by atoms with van der Waals surface area (Å²) in [6.07, 6.45) is 0. The largest absolute Gasteiger partial charge is 0.507 e. The SMILES string of the molecule is CCN(CC)CCN1C(=O)C(=O)C(=C(O)c2ccc(OC)cc2C)[C@H]1c1ccc([N+](=O)[O-])cc1. The van der Waals surface area contributed by atoms with Gasteiger partial charge in [0.2, 0.25) is 0 Å². The van der Waals surface area contributed by atoms with Gasteiger partial charge in [0.15, 0.2) is 0 Å². The molecule has 1 fully saturated rings. The molecule has 0 radical (unpaired) electrons. The Morgan fingerprint density at radius 3 is 2.32 bits per heavy atom. The molecule has 2 aromatic rings. The van der Waals surface area contributed by atoms with E-state index in [-0.39, 0.29) is 23.6 Å². The van der Waals surface area contributed by atoms with Gasteiger partial charge in [0, 0.05) is 30.8 Å². The van der Waals surface area contributed by atoms with Gasteiger partial charge >= 0.3 is 0 Å². The highest BCUT2D eigenvalue weighted by molar-refractivity contribution is 6.46. The fraction of sp³-hybridized carbons (Fsp3) is 0.360. The quantitative estimate of drug-likeness (QED) is 0.197. The summed E-state index contributed by atoms with van der Waals surface area (Å²) in [6.45, 7) is 8.18. The summed E-state index contributed by atoms with van der Waals surface area (Å²) in [7, 11) is 1.53. The Bertz CT molecular complexity index is 1120. The molecule has 1 aliphatic heterocycles. The third kappa shape index (κ3) is 4.79. The van der Waals surface area contributed by atoms with Gasteiger partial charge in [-0.2, -0.15) is 0 Å². The Kier molecular flexibility index (Phi) is 7.68. The summed E-state index contributed by atoms with van der Waals surface area (Å²) in [5.41, 5.74) is 1.46. The Hall–Kier alpha value is -3.72. The van der Waals surface area contributed by atoms with Crippen molar-refractivity contribution in [1.82, 2.24) is 9.80 Å². The molecule has 2 aromatic carbocycles. The number of nitrogens with zero attached hydrogens (tertiary/aromatic N) is 3. The molecule has 0 saturated carbocycles. The molecule has 1 aliphatic rings. The molecule has 1 atom stereocenters. The van der Waals surface area contributed by atoms with Crippen LogP contribution in [-0.2, 0) is 9.59 Å². The fourth-order valence-electron chi connectivity index (χ4n) is 4.20. The van der Waals surface area contributed by atoms with E-state index in [0.29, 0.717) is 29.0 Å². The maximum Gasteiger partial charge on any atom is 0.295 e. The molecule has 0 aliphatic carbocycles. The number of amides is 1. The topological polar surface area (TPSA) is 113 Å². The maximum atomic E-state index is 13.2. The smallest absolute Gasteiger partial charge is 0.295 e. The molecule has 1 amide bonds. The zero-order chi connectivity index (χ0) is 25.0. The number of nitro groups is 1. The number of hydrogen-bond acceptors (Lipinski definition) is 7. The normalized spacial score (nSPS) is 17.4. The van der Waals surface area contributed by atoms with Gasteiger partial charge in [0.25, 0.3) is 17.4 Å². The number of aliphatic hydroxyl groups excluding tert-OH is 1. The Balaban J connectivity index is 2.13. The molecule has 3 rings (SSSR count). The first kappa shape index (κ1) is 24.9. The van der Waals surface area contributed by atoms with Crippen molar-refractivity contribution in [1.29, 1.82) is 0 Å². The lowest BCUT2D eigenvalue weighted by molar-refractivity contribution is -0.384. The van der Waals surface area contributed by atoms with Crippen molar-refractivity contribution in [2.24, 2.45) is 0 Å². The molecule has 9 heteroatoms. The van der Waals surface area contributed by atoms with Gasteiger partial charge < -0.3 is 19.6 Å². The van der Waals surface area contributed by atoms with Crippen molar-refractivity contribution >= 4 is 23.1 Å². The lowest BCUT2D eigenvalue weighted by Gasteiger charge is -2.28. The van der Waals surface area contributed by atoms with Crippen LogP contribution in [0.5, 0.6) is 5.75 Å². The van der Waals surface area contributed by atoms with E-state index >= 15 is 0 Å². The number of aliphatic hydroxyl groups is 1. The van der Waals surface area contributed by atoms with Gasteiger partial charge in [-0.1, -0.05) is 13.8 Å². The van der Waals surface area contributed by atoms with E-state index in [1.165, 1.54) is 36.3 Å². The molecular weight excluding hydrogens is 438 g/mol. The Labute approximate surface area is 198 Å². The molecule has 34 heavy (non-hydrogen) atoms. The number of carbonyl (C=O) groups excluding carboxylic acids is 2. The summed E-state index contributed by atoms with van der Waals surface area (Å²) in [6, 6.07) is 9.88. The van der Waals surface area contributed by atoms with Gasteiger partial charge in [-0.15, -0.1) is 0 Å². The third-order valence-corrected chi connectivity index (χ3v) is 6.20. The number of rotatable bonds is 9. The molecular formula is C25H29N3O6. The second-order valence-corrected chi connectivity index (χ2v) is 8.05. The predicted octanol–water partition coefficient (Wildman–Crippen LogP) is 3.68. The average molecular weight is 468 g/mol. The number of aryl methyl sites for hydroxylation is 1. The number of hydrogen-bond donors (Lipinski definition) is 1. The van der Waals surface area contributed by atoms with Crippen LogP contribution in [0.15, 0.2) is 48.0 Å². The third-order valence-electron chi connectivity index (χ3n) is 6.20. The van der Waals surface area contributed by atoms with E-state index in [1.54, 1.807) is 25.1 Å². The average Bonchev–Trinajstić information content (AvgIpc) is 3.09. The second-order valence-electron chi connectivity index (χ2n) is 8.05. The fourth-order valence-corrected chi connectivity index (χ4v) is 4.20. The zero-order valence-corrected chi connectivity index (χ0v) is 19.8. The van der Waals surface area contributed by atoms with Crippen LogP contribution < -0.4 is 4.74 Å². The molecule has 1 heterocycles. The number of likely N-dealkylation sites (N-methyl/N-ethyl adjacent to an activating group) is 1. The molecule has 1 saturated heterocycles. The highest BCUT2D eigenvalue weighted by Gasteiger charge is 2.46. The number of Topliss-reactive ketones (excluding diaryl/α,β-unsaturated/α-hetero) is 1. The van der Waals surface area contributed by atoms with Crippen LogP contribution in [0, 0.1) is 17.0 Å². The van der Waals surface area contributed by atoms with Crippen LogP contribution in [0.2, 0.25) is 0 Å². The van der Waals surface area contributed by atoms with Gasteiger partial charge in [0.1, 0.15) is 11.5 Å². The molecule has 9 nitrogen and oxygen atoms in total. The summed E-state index contributed by atoms with van der Waals surface area (Å²) < 4.78 is 5.22. The lowest BCUT2D eigenvalue weighted by atomic mass is 9.93. The van der Waals surface area contributed by atoms with Crippen molar-refractivity contribution < 1.29 is 24.4 Å². The van der Waals surface area contributed by atoms with Crippen LogP contribution in [0.1, 0.15) is 36.6 Å². The van der Waals surface area contributed by atoms with Crippen LogP contribution in [-0.4, -0.2) is 64.8 Å². The highest BCUT2D eigenvalue weighted by atomic mass is 16.6. The number of ether oxygens (including phenoxy) is 1. The van der Waals surface area contributed by atoms with Gasteiger partial charge in [-0.25, -0.2) is 0 Å². The molecule has 0 aromatic heterocycles. The summed E-state index contributed by atoms with van der Waals surface area (Å²) in [5, 5.41) is 22.4. The standard InChI is InChI=1S/C25H29N3O6/c1-5-26(6-2)13-14-27-22(17-7-9-18(10-8-17)28(32)33)21(24(30)25(27)31)23(29)20-12-11-19(34-4)15-16(20)3/h7-12,15,22,29H,5-6,13-14H2,1-4H3/t22-/m1/s1. The molecule has 0 unspecified atom stereocenters. The lowest BCUT2D eigenvalue weighted by Crippen LogP contribution is -2.38. The minimum absolute atomic E-state index is 0.0355. The Morgan fingerprint density at radius 2 is 1.79 bits per heavy atom. The summed E-state index contributed by atoms with van der Waals surface area (Å²) >= 11 is 0. The molecule has 0 spiro atoms. The number of ketones is 1. The number of nitro benzene ring substituents is 1. The van der Waals surface area contributed by atoms with Gasteiger partial charge in [-0.05, 0) is 61.5 Å². The van der Waals surface area contributed by atoms with Crippen molar-refractivity contribution in [3.8, 4) is 5.75 Å². The summed E-state index contributed by atoms with van der Waals surface area (Å²) in [5.74, 6) is -1.17. The maximum absolute atomic E-state index is 13.2. The first-order chi connectivity index (χ1) is 16.2. The number of likely N-dealkylation sites (tertiary alicyclic amines) is 1. The first-order valence-corrected chi connectivity index (χ1v) is 11.1. The molecule has 0 bridgehead atoms. The van der Waals surface area contributed by atoms with Gasteiger partial charge in [0.05, 0.1) is 23.6 Å². The Morgan fingerprint density at radius 1 is 1.15 bits per heavy atom. The van der Waals surface area contributed by atoms with Crippen LogP contribution >= 0.6 is 0 Å². The van der Waals surface area contributed by atoms with Crippen LogP contribution in [0.4, 0.5) is 5.69 Å². The van der Waals surface area contributed by atoms with Crippen molar-refractivity contribution in [3.63, 3.8) is 0 Å². The predicted molar refractivity (Wildman–Crippen MR) is 128 cm³/mol.